The minimum Gasteiger partial charge on any atom is -0.380 e. The van der Waals surface area contributed by atoms with Crippen molar-refractivity contribution in [2.24, 2.45) is 11.3 Å². The van der Waals surface area contributed by atoms with Gasteiger partial charge in [-0.25, -0.2) is 4.98 Å². The van der Waals surface area contributed by atoms with Gasteiger partial charge in [-0.1, -0.05) is 24.3 Å². The molecule has 3 aliphatic heterocycles. The highest BCUT2D eigenvalue weighted by Gasteiger charge is 2.58. The topological polar surface area (TPSA) is 67.2 Å². The summed E-state index contributed by atoms with van der Waals surface area (Å²) in [6.07, 6.45) is 6.23. The number of benzene rings is 1. The third kappa shape index (κ3) is 2.87. The summed E-state index contributed by atoms with van der Waals surface area (Å²) in [6, 6.07) is 12.0. The van der Waals surface area contributed by atoms with Crippen LogP contribution in [0.5, 0.6) is 0 Å². The fraction of sp³-hybridized carbons (Fsp3) is 0.375. The molecule has 31 heavy (non-hydrogen) atoms. The minimum atomic E-state index is -0.638. The van der Waals surface area contributed by atoms with Gasteiger partial charge in [-0.2, -0.15) is 0 Å². The third-order valence-corrected chi connectivity index (χ3v) is 7.14. The lowest BCUT2D eigenvalue weighted by Gasteiger charge is -2.36. The van der Waals surface area contributed by atoms with Crippen LogP contribution in [0.3, 0.4) is 0 Å². The predicted octanol–water partition coefficient (Wildman–Crippen LogP) is 2.01. The molecule has 0 aliphatic carbocycles. The van der Waals surface area contributed by atoms with Gasteiger partial charge in [0, 0.05) is 50.7 Å². The van der Waals surface area contributed by atoms with Crippen LogP contribution >= 0.6 is 0 Å². The molecule has 5 heterocycles. The van der Waals surface area contributed by atoms with E-state index in [1.807, 2.05) is 44.8 Å². The maximum atomic E-state index is 13.8. The molecular weight excluding hydrogens is 392 g/mol. The van der Waals surface area contributed by atoms with Gasteiger partial charge < -0.3 is 18.9 Å². The van der Waals surface area contributed by atoms with Crippen LogP contribution in [0.2, 0.25) is 0 Å². The first-order chi connectivity index (χ1) is 15.1. The van der Waals surface area contributed by atoms with Crippen molar-refractivity contribution in [1.82, 2.24) is 19.2 Å². The van der Waals surface area contributed by atoms with E-state index in [0.29, 0.717) is 38.4 Å². The summed E-state index contributed by atoms with van der Waals surface area (Å²) in [7, 11) is 0. The molecule has 0 unspecified atom stereocenters. The van der Waals surface area contributed by atoms with Gasteiger partial charge in [0.15, 0.2) is 0 Å². The smallest absolute Gasteiger partial charge is 0.255 e. The van der Waals surface area contributed by atoms with Crippen molar-refractivity contribution in [3.8, 4) is 0 Å². The number of hydrogen-bond donors (Lipinski definition) is 0. The molecule has 2 amide bonds. The normalized spacial score (nSPS) is 25.0. The zero-order valence-corrected chi connectivity index (χ0v) is 17.2. The lowest BCUT2D eigenvalue weighted by Crippen LogP contribution is -2.50. The predicted molar refractivity (Wildman–Crippen MR) is 113 cm³/mol. The summed E-state index contributed by atoms with van der Waals surface area (Å²) in [5, 5.41) is 0. The van der Waals surface area contributed by atoms with Crippen molar-refractivity contribution in [3.63, 3.8) is 0 Å². The lowest BCUT2D eigenvalue weighted by atomic mass is 9.79. The number of rotatable bonds is 2. The Labute approximate surface area is 180 Å². The quantitative estimate of drug-likeness (QED) is 0.641. The van der Waals surface area contributed by atoms with Crippen LogP contribution in [0.4, 0.5) is 0 Å². The van der Waals surface area contributed by atoms with E-state index in [2.05, 4.69) is 23.2 Å². The van der Waals surface area contributed by atoms with E-state index >= 15 is 0 Å². The van der Waals surface area contributed by atoms with E-state index in [4.69, 9.17) is 4.74 Å². The lowest BCUT2D eigenvalue weighted by molar-refractivity contribution is -0.143. The highest BCUT2D eigenvalue weighted by molar-refractivity contribution is 5.95. The molecule has 0 N–H and O–H groups in total. The molecule has 7 nitrogen and oxygen atoms in total. The molecule has 0 saturated carbocycles. The number of imidazole rings is 1. The van der Waals surface area contributed by atoms with Gasteiger partial charge in [0.25, 0.3) is 5.91 Å². The Balaban J connectivity index is 1.25. The summed E-state index contributed by atoms with van der Waals surface area (Å²) in [6.45, 7) is 3.23. The molecule has 0 radical (unpaired) electrons. The molecule has 2 fully saturated rings. The molecule has 3 aliphatic rings. The fourth-order valence-corrected chi connectivity index (χ4v) is 5.41. The van der Waals surface area contributed by atoms with Gasteiger partial charge in [0.1, 0.15) is 5.65 Å². The summed E-state index contributed by atoms with van der Waals surface area (Å²) in [4.78, 5) is 35.1. The Bertz CT molecular complexity index is 1190. The van der Waals surface area contributed by atoms with E-state index < -0.39 is 5.41 Å². The third-order valence-electron chi connectivity index (χ3n) is 7.14. The average Bonchev–Trinajstić information content (AvgIpc) is 3.51. The maximum Gasteiger partial charge on any atom is 0.255 e. The summed E-state index contributed by atoms with van der Waals surface area (Å²) < 4.78 is 7.63. The van der Waals surface area contributed by atoms with Gasteiger partial charge >= 0.3 is 0 Å². The summed E-state index contributed by atoms with van der Waals surface area (Å²) in [5.74, 6) is 0.129. The van der Waals surface area contributed by atoms with Crippen LogP contribution in [0.25, 0.3) is 5.65 Å². The highest BCUT2D eigenvalue weighted by atomic mass is 16.5. The van der Waals surface area contributed by atoms with Crippen LogP contribution in [0.15, 0.2) is 55.0 Å². The highest BCUT2D eigenvalue weighted by Crippen LogP contribution is 2.44. The zero-order chi connectivity index (χ0) is 21.0. The van der Waals surface area contributed by atoms with Gasteiger partial charge in [0.2, 0.25) is 5.91 Å². The number of carbonyl (C=O) groups is 2. The monoisotopic (exact) mass is 416 g/mol. The number of aromatic nitrogens is 2. The number of pyridine rings is 1. The van der Waals surface area contributed by atoms with E-state index in [1.54, 1.807) is 6.20 Å². The van der Waals surface area contributed by atoms with Crippen molar-refractivity contribution in [2.75, 3.05) is 32.8 Å². The Hall–Kier alpha value is -3.19. The van der Waals surface area contributed by atoms with Crippen molar-refractivity contribution in [1.29, 1.82) is 0 Å². The number of amides is 2. The largest absolute Gasteiger partial charge is 0.380 e. The standard InChI is InChI=1S/C24H24N4O3/c29-22(19-5-6-21-25-8-10-26(21)12-19)28-13-20-14-31-16-24(20,15-28)23(30)27-9-7-17-3-1-2-4-18(17)11-27/h1-6,8,10,12,20H,7,9,11,13-16H2/t20-,24-/m0/s1. The zero-order valence-electron chi connectivity index (χ0n) is 17.2. The van der Waals surface area contributed by atoms with Gasteiger partial charge in [0.05, 0.1) is 24.2 Å². The number of fused-ring (bicyclic) bond motifs is 3. The van der Waals surface area contributed by atoms with Crippen molar-refractivity contribution >= 4 is 17.5 Å². The van der Waals surface area contributed by atoms with Crippen molar-refractivity contribution < 1.29 is 14.3 Å². The SMILES string of the molecule is O=C(c1ccc2nccn2c1)N1C[C@H]2COC[C@@]2(C(=O)N2CCc3ccccc3C2)C1. The first-order valence-corrected chi connectivity index (χ1v) is 10.8. The Morgan fingerprint density at radius 3 is 2.87 bits per heavy atom. The molecular formula is C24H24N4O3. The summed E-state index contributed by atoms with van der Waals surface area (Å²) >= 11 is 0. The second-order valence-electron chi connectivity index (χ2n) is 8.91. The summed E-state index contributed by atoms with van der Waals surface area (Å²) in [5.41, 5.74) is 3.32. The second kappa shape index (κ2) is 6.92. The Morgan fingerprint density at radius 2 is 1.97 bits per heavy atom. The first kappa shape index (κ1) is 18.6. The fourth-order valence-electron chi connectivity index (χ4n) is 5.41. The molecule has 3 aromatic rings. The van der Waals surface area contributed by atoms with Gasteiger partial charge in [-0.3, -0.25) is 9.59 Å². The second-order valence-corrected chi connectivity index (χ2v) is 8.91. The van der Waals surface area contributed by atoms with Crippen LogP contribution in [0, 0.1) is 11.3 Å². The number of carbonyl (C=O) groups excluding carboxylic acids is 2. The molecule has 6 rings (SSSR count). The molecule has 7 heteroatoms. The van der Waals surface area contributed by atoms with Crippen molar-refractivity contribution in [2.45, 2.75) is 13.0 Å². The molecule has 158 valence electrons. The Kier molecular flexibility index (Phi) is 4.14. The van der Waals surface area contributed by atoms with E-state index in [1.165, 1.54) is 11.1 Å². The minimum absolute atomic E-state index is 0.0399. The number of nitrogens with zero attached hydrogens (tertiary/aromatic N) is 4. The molecule has 2 atom stereocenters. The van der Waals surface area contributed by atoms with E-state index in [9.17, 15) is 9.59 Å². The van der Waals surface area contributed by atoms with Gasteiger partial charge in [-0.05, 0) is 29.7 Å². The maximum absolute atomic E-state index is 13.8. The molecule has 1 aromatic carbocycles. The van der Waals surface area contributed by atoms with Crippen LogP contribution in [-0.4, -0.2) is 63.8 Å². The van der Waals surface area contributed by atoms with Crippen molar-refractivity contribution in [3.05, 3.63) is 71.7 Å². The van der Waals surface area contributed by atoms with Gasteiger partial charge in [-0.15, -0.1) is 0 Å². The first-order valence-electron chi connectivity index (χ1n) is 10.8. The molecule has 0 bridgehead atoms. The van der Waals surface area contributed by atoms with E-state index in [-0.39, 0.29) is 17.7 Å². The Morgan fingerprint density at radius 1 is 1.10 bits per heavy atom. The number of hydrogen-bond acceptors (Lipinski definition) is 4. The average molecular weight is 416 g/mol. The molecule has 2 aromatic heterocycles. The van der Waals surface area contributed by atoms with Crippen LogP contribution in [0.1, 0.15) is 21.5 Å². The number of ether oxygens (including phenoxy) is 1. The van der Waals surface area contributed by atoms with E-state index in [0.717, 1.165) is 18.6 Å². The van der Waals surface area contributed by atoms with Crippen LogP contribution < -0.4 is 0 Å². The molecule has 2 saturated heterocycles. The molecule has 0 spiro atoms. The number of likely N-dealkylation sites (tertiary alicyclic amines) is 1. The van der Waals surface area contributed by atoms with Crippen LogP contribution in [-0.2, 0) is 22.5 Å².